The van der Waals surface area contributed by atoms with Crippen LogP contribution in [0.15, 0.2) is 47.0 Å². The zero-order chi connectivity index (χ0) is 13.9. The molecule has 2 aromatic carbocycles. The van der Waals surface area contributed by atoms with Crippen molar-refractivity contribution in [1.29, 1.82) is 0 Å². The smallest absolute Gasteiger partial charge is 0.257 e. The Morgan fingerprint density at radius 1 is 1.20 bits per heavy atom. The first-order valence-electron chi connectivity index (χ1n) is 6.37. The van der Waals surface area contributed by atoms with E-state index < -0.39 is 0 Å². The lowest BCUT2D eigenvalue weighted by Crippen LogP contribution is -2.14. The van der Waals surface area contributed by atoms with Crippen molar-refractivity contribution < 1.29 is 9.26 Å². The van der Waals surface area contributed by atoms with E-state index in [0.717, 1.165) is 10.9 Å². The Kier molecular flexibility index (Phi) is 3.45. The fraction of sp³-hybridized carbons (Fsp3) is 0.200. The van der Waals surface area contributed by atoms with Crippen molar-refractivity contribution in [1.82, 2.24) is 10.1 Å². The largest absolute Gasteiger partial charge is 0.370 e. The summed E-state index contributed by atoms with van der Waals surface area (Å²) in [5.41, 5.74) is 6.49. The van der Waals surface area contributed by atoms with E-state index in [1.807, 2.05) is 30.3 Å². The van der Waals surface area contributed by atoms with E-state index in [4.69, 9.17) is 15.0 Å². The number of benzene rings is 2. The van der Waals surface area contributed by atoms with E-state index >= 15 is 0 Å². The van der Waals surface area contributed by atoms with Crippen molar-refractivity contribution in [3.8, 4) is 11.4 Å². The minimum Gasteiger partial charge on any atom is -0.370 e. The van der Waals surface area contributed by atoms with Crippen LogP contribution in [-0.4, -0.2) is 23.8 Å². The molecule has 1 aromatic heterocycles. The third kappa shape index (κ3) is 2.29. The molecule has 102 valence electrons. The first kappa shape index (κ1) is 12.8. The SMILES string of the molecule is COC(CN)c1nc(-c2ccc3ccccc3c2)no1. The average molecular weight is 269 g/mol. The van der Waals surface area contributed by atoms with Gasteiger partial charge in [0.2, 0.25) is 5.82 Å². The molecule has 1 unspecified atom stereocenters. The maximum absolute atomic E-state index is 5.58. The molecule has 0 radical (unpaired) electrons. The quantitative estimate of drug-likeness (QED) is 0.787. The molecule has 5 nitrogen and oxygen atoms in total. The summed E-state index contributed by atoms with van der Waals surface area (Å²) in [5, 5.41) is 6.30. The van der Waals surface area contributed by atoms with Gasteiger partial charge in [0.15, 0.2) is 0 Å². The van der Waals surface area contributed by atoms with Crippen molar-refractivity contribution in [2.75, 3.05) is 13.7 Å². The van der Waals surface area contributed by atoms with Crippen LogP contribution in [0.4, 0.5) is 0 Å². The summed E-state index contributed by atoms with van der Waals surface area (Å²) in [6, 6.07) is 14.2. The van der Waals surface area contributed by atoms with E-state index in [1.165, 1.54) is 5.39 Å². The lowest BCUT2D eigenvalue weighted by atomic mass is 10.1. The lowest BCUT2D eigenvalue weighted by Gasteiger charge is -2.05. The molecule has 0 aliphatic carbocycles. The van der Waals surface area contributed by atoms with Gasteiger partial charge in [-0.3, -0.25) is 0 Å². The van der Waals surface area contributed by atoms with Gasteiger partial charge in [-0.2, -0.15) is 4.98 Å². The summed E-state index contributed by atoms with van der Waals surface area (Å²) >= 11 is 0. The minimum absolute atomic E-state index is 0.301. The molecule has 0 aliphatic rings. The molecule has 3 aromatic rings. The number of hydrogen-bond donors (Lipinski definition) is 1. The highest BCUT2D eigenvalue weighted by Crippen LogP contribution is 2.23. The Bertz CT molecular complexity index is 720. The van der Waals surface area contributed by atoms with Gasteiger partial charge in [0, 0.05) is 19.2 Å². The second-order valence-electron chi connectivity index (χ2n) is 4.48. The molecule has 2 N–H and O–H groups in total. The van der Waals surface area contributed by atoms with E-state index in [0.29, 0.717) is 18.3 Å². The molecular weight excluding hydrogens is 254 g/mol. The molecule has 0 saturated heterocycles. The topological polar surface area (TPSA) is 74.2 Å². The summed E-state index contributed by atoms with van der Waals surface area (Å²) in [6.45, 7) is 0.301. The molecule has 1 atom stereocenters. The third-order valence-corrected chi connectivity index (χ3v) is 3.22. The fourth-order valence-corrected chi connectivity index (χ4v) is 2.11. The van der Waals surface area contributed by atoms with Gasteiger partial charge in [-0.15, -0.1) is 0 Å². The highest BCUT2D eigenvalue weighted by Gasteiger charge is 2.17. The van der Waals surface area contributed by atoms with Crippen LogP contribution in [0.1, 0.15) is 12.0 Å². The number of nitrogens with two attached hydrogens (primary N) is 1. The molecular formula is C15H15N3O2. The second-order valence-corrected chi connectivity index (χ2v) is 4.48. The van der Waals surface area contributed by atoms with Gasteiger partial charge in [-0.25, -0.2) is 0 Å². The average Bonchev–Trinajstić information content (AvgIpc) is 2.98. The molecule has 0 bridgehead atoms. The van der Waals surface area contributed by atoms with E-state index in [2.05, 4.69) is 22.3 Å². The molecule has 0 aliphatic heterocycles. The maximum atomic E-state index is 5.58. The predicted molar refractivity (Wildman–Crippen MR) is 76.0 cm³/mol. The van der Waals surface area contributed by atoms with E-state index in [1.54, 1.807) is 7.11 Å². The summed E-state index contributed by atoms with van der Waals surface area (Å²) in [6.07, 6.45) is -0.364. The van der Waals surface area contributed by atoms with Gasteiger partial charge in [-0.05, 0) is 16.8 Å². The Balaban J connectivity index is 1.98. The van der Waals surface area contributed by atoms with Crippen molar-refractivity contribution in [2.24, 2.45) is 5.73 Å². The Morgan fingerprint density at radius 2 is 2.00 bits per heavy atom. The first-order chi connectivity index (χ1) is 9.81. The van der Waals surface area contributed by atoms with Gasteiger partial charge in [-0.1, -0.05) is 41.6 Å². The Hall–Kier alpha value is -2.24. The summed E-state index contributed by atoms with van der Waals surface area (Å²) < 4.78 is 10.4. The number of fused-ring (bicyclic) bond motifs is 1. The van der Waals surface area contributed by atoms with Crippen LogP contribution in [0.25, 0.3) is 22.2 Å². The number of methoxy groups -OCH3 is 1. The molecule has 1 heterocycles. The van der Waals surface area contributed by atoms with E-state index in [-0.39, 0.29) is 6.10 Å². The monoisotopic (exact) mass is 269 g/mol. The third-order valence-electron chi connectivity index (χ3n) is 3.22. The normalized spacial score (nSPS) is 12.7. The number of hydrogen-bond acceptors (Lipinski definition) is 5. The maximum Gasteiger partial charge on any atom is 0.257 e. The molecule has 0 saturated carbocycles. The molecule has 0 fully saturated rings. The zero-order valence-electron chi connectivity index (χ0n) is 11.1. The minimum atomic E-state index is -0.364. The molecule has 0 spiro atoms. The number of nitrogens with zero attached hydrogens (tertiary/aromatic N) is 2. The summed E-state index contributed by atoms with van der Waals surface area (Å²) in [5.74, 6) is 0.944. The van der Waals surface area contributed by atoms with Gasteiger partial charge >= 0.3 is 0 Å². The molecule has 3 rings (SSSR count). The van der Waals surface area contributed by atoms with Gasteiger partial charge in [0.05, 0.1) is 0 Å². The van der Waals surface area contributed by atoms with Crippen LogP contribution in [0.2, 0.25) is 0 Å². The van der Waals surface area contributed by atoms with E-state index in [9.17, 15) is 0 Å². The summed E-state index contributed by atoms with van der Waals surface area (Å²) in [7, 11) is 1.57. The van der Waals surface area contributed by atoms with Crippen LogP contribution in [-0.2, 0) is 4.74 Å². The second kappa shape index (κ2) is 5.40. The standard InChI is InChI=1S/C15H15N3O2/c1-19-13(9-16)15-17-14(18-20-15)12-7-6-10-4-2-3-5-11(10)8-12/h2-8,13H,9,16H2,1H3. The Morgan fingerprint density at radius 3 is 2.75 bits per heavy atom. The van der Waals surface area contributed by atoms with Gasteiger partial charge < -0.3 is 15.0 Å². The molecule has 20 heavy (non-hydrogen) atoms. The number of ether oxygens (including phenoxy) is 1. The van der Waals surface area contributed by atoms with Crippen molar-refractivity contribution in [3.05, 3.63) is 48.4 Å². The molecule has 0 amide bonds. The van der Waals surface area contributed by atoms with Crippen molar-refractivity contribution >= 4 is 10.8 Å². The summed E-state index contributed by atoms with van der Waals surface area (Å²) in [4.78, 5) is 4.35. The van der Waals surface area contributed by atoms with Crippen LogP contribution < -0.4 is 5.73 Å². The number of rotatable bonds is 4. The van der Waals surface area contributed by atoms with Crippen LogP contribution in [0.3, 0.4) is 0 Å². The highest BCUT2D eigenvalue weighted by molar-refractivity contribution is 5.86. The lowest BCUT2D eigenvalue weighted by molar-refractivity contribution is 0.0804. The predicted octanol–water partition coefficient (Wildman–Crippen LogP) is 2.54. The fourth-order valence-electron chi connectivity index (χ4n) is 2.11. The van der Waals surface area contributed by atoms with Crippen molar-refractivity contribution in [2.45, 2.75) is 6.10 Å². The van der Waals surface area contributed by atoms with Gasteiger partial charge in [0.1, 0.15) is 6.10 Å². The zero-order valence-corrected chi connectivity index (χ0v) is 11.1. The van der Waals surface area contributed by atoms with Crippen LogP contribution >= 0.6 is 0 Å². The highest BCUT2D eigenvalue weighted by atomic mass is 16.5. The van der Waals surface area contributed by atoms with Crippen LogP contribution in [0, 0.1) is 0 Å². The number of aromatic nitrogens is 2. The van der Waals surface area contributed by atoms with Gasteiger partial charge in [0.25, 0.3) is 5.89 Å². The van der Waals surface area contributed by atoms with Crippen LogP contribution in [0.5, 0.6) is 0 Å². The Labute approximate surface area is 116 Å². The molecule has 5 heteroatoms. The first-order valence-corrected chi connectivity index (χ1v) is 6.37. The van der Waals surface area contributed by atoms with Crippen molar-refractivity contribution in [3.63, 3.8) is 0 Å².